The molecule has 1 aliphatic carbocycles. The van der Waals surface area contributed by atoms with E-state index < -0.39 is 0 Å². The summed E-state index contributed by atoms with van der Waals surface area (Å²) < 4.78 is 0. The Morgan fingerprint density at radius 2 is 1.53 bits per heavy atom. The van der Waals surface area contributed by atoms with Gasteiger partial charge in [-0.25, -0.2) is 0 Å². The lowest BCUT2D eigenvalue weighted by molar-refractivity contribution is 0.195. The quantitative estimate of drug-likeness (QED) is 0.676. The van der Waals surface area contributed by atoms with Gasteiger partial charge in [-0.05, 0) is 31.2 Å². The molecule has 0 spiro atoms. The van der Waals surface area contributed by atoms with E-state index in [1.54, 1.807) is 0 Å². The molecular formula is C14H29N. The van der Waals surface area contributed by atoms with Crippen LogP contribution in [0.5, 0.6) is 0 Å². The van der Waals surface area contributed by atoms with Crippen molar-refractivity contribution in [1.82, 2.24) is 0 Å². The molecule has 1 saturated carbocycles. The topological polar surface area (TPSA) is 26.0 Å². The van der Waals surface area contributed by atoms with Gasteiger partial charge in [-0.2, -0.15) is 0 Å². The van der Waals surface area contributed by atoms with Gasteiger partial charge >= 0.3 is 0 Å². The molecule has 0 aromatic carbocycles. The van der Waals surface area contributed by atoms with E-state index in [0.717, 1.165) is 6.54 Å². The lowest BCUT2D eigenvalue weighted by Crippen LogP contribution is -2.31. The summed E-state index contributed by atoms with van der Waals surface area (Å²) in [5.74, 6) is 0. The molecule has 1 heteroatoms. The Kier molecular flexibility index (Phi) is 6.31. The summed E-state index contributed by atoms with van der Waals surface area (Å²) in [5, 5.41) is 0. The molecule has 0 aromatic heterocycles. The molecule has 2 N–H and O–H groups in total. The van der Waals surface area contributed by atoms with Gasteiger partial charge in [0.15, 0.2) is 0 Å². The fourth-order valence-corrected chi connectivity index (χ4v) is 2.96. The molecule has 0 heterocycles. The van der Waals surface area contributed by atoms with Crippen LogP contribution in [0.3, 0.4) is 0 Å². The van der Waals surface area contributed by atoms with E-state index in [4.69, 9.17) is 5.73 Å². The Morgan fingerprint density at radius 1 is 0.933 bits per heavy atom. The normalized spacial score (nSPS) is 22.0. The van der Waals surface area contributed by atoms with Gasteiger partial charge in [0.25, 0.3) is 0 Å². The zero-order valence-corrected chi connectivity index (χ0v) is 10.6. The molecule has 1 fully saturated rings. The predicted octanol–water partition coefficient (Wildman–Crippen LogP) is 4.26. The summed E-state index contributed by atoms with van der Waals surface area (Å²) >= 11 is 0. The summed E-state index contributed by atoms with van der Waals surface area (Å²) in [6.07, 6.45) is 15.5. The lowest BCUT2D eigenvalue weighted by atomic mass is 9.73. The maximum Gasteiger partial charge on any atom is -0.00205 e. The maximum absolute atomic E-state index is 6.04. The van der Waals surface area contributed by atoms with Crippen molar-refractivity contribution >= 4 is 0 Å². The third-order valence-electron chi connectivity index (χ3n) is 4.16. The molecule has 0 unspecified atom stereocenters. The van der Waals surface area contributed by atoms with Crippen LogP contribution in [0.4, 0.5) is 0 Å². The number of hydrogen-bond donors (Lipinski definition) is 1. The summed E-state index contributed by atoms with van der Waals surface area (Å²) in [4.78, 5) is 0. The van der Waals surface area contributed by atoms with Crippen molar-refractivity contribution in [3.05, 3.63) is 0 Å². The van der Waals surface area contributed by atoms with Gasteiger partial charge in [0.2, 0.25) is 0 Å². The van der Waals surface area contributed by atoms with Crippen molar-refractivity contribution in [2.24, 2.45) is 11.1 Å². The molecule has 0 amide bonds. The number of unbranched alkanes of at least 4 members (excludes halogenated alkanes) is 2. The van der Waals surface area contributed by atoms with Crippen LogP contribution in [-0.4, -0.2) is 6.54 Å². The Morgan fingerprint density at radius 3 is 2.07 bits per heavy atom. The fraction of sp³-hybridized carbons (Fsp3) is 1.00. The van der Waals surface area contributed by atoms with Crippen LogP contribution in [0.2, 0.25) is 0 Å². The molecule has 0 aliphatic heterocycles. The van der Waals surface area contributed by atoms with Crippen LogP contribution in [-0.2, 0) is 0 Å². The van der Waals surface area contributed by atoms with Gasteiger partial charge in [-0.15, -0.1) is 0 Å². The molecule has 0 radical (unpaired) electrons. The second kappa shape index (κ2) is 7.27. The van der Waals surface area contributed by atoms with Crippen molar-refractivity contribution in [3.8, 4) is 0 Å². The minimum absolute atomic E-state index is 0.523. The number of rotatable bonds is 5. The van der Waals surface area contributed by atoms with Gasteiger partial charge < -0.3 is 5.73 Å². The molecule has 0 bridgehead atoms. The van der Waals surface area contributed by atoms with Crippen LogP contribution in [0.1, 0.15) is 77.6 Å². The molecule has 1 aliphatic rings. The first kappa shape index (κ1) is 13.0. The van der Waals surface area contributed by atoms with Gasteiger partial charge in [0.05, 0.1) is 0 Å². The zero-order valence-electron chi connectivity index (χ0n) is 10.6. The molecule has 0 atom stereocenters. The smallest absolute Gasteiger partial charge is 0.00205 e. The summed E-state index contributed by atoms with van der Waals surface area (Å²) in [6, 6.07) is 0. The average Bonchev–Trinajstić information content (AvgIpc) is 2.22. The van der Waals surface area contributed by atoms with E-state index >= 15 is 0 Å². The van der Waals surface area contributed by atoms with Crippen molar-refractivity contribution in [3.63, 3.8) is 0 Å². The monoisotopic (exact) mass is 211 g/mol. The zero-order chi connectivity index (χ0) is 11.0. The summed E-state index contributed by atoms with van der Waals surface area (Å²) in [5.41, 5.74) is 6.56. The van der Waals surface area contributed by atoms with Gasteiger partial charge in [0.1, 0.15) is 0 Å². The average molecular weight is 211 g/mol. The van der Waals surface area contributed by atoms with Crippen molar-refractivity contribution in [1.29, 1.82) is 0 Å². The summed E-state index contributed by atoms with van der Waals surface area (Å²) in [6.45, 7) is 3.21. The van der Waals surface area contributed by atoms with Crippen LogP contribution in [0.25, 0.3) is 0 Å². The molecule has 15 heavy (non-hydrogen) atoms. The SMILES string of the molecule is CCCCCC1(CN)CCCCCCC1. The van der Waals surface area contributed by atoms with Crippen molar-refractivity contribution in [2.75, 3.05) is 6.54 Å². The number of nitrogens with two attached hydrogens (primary N) is 1. The molecular weight excluding hydrogens is 182 g/mol. The molecule has 0 saturated heterocycles. The van der Waals surface area contributed by atoms with Crippen LogP contribution < -0.4 is 5.73 Å². The van der Waals surface area contributed by atoms with Crippen LogP contribution >= 0.6 is 0 Å². The molecule has 0 aromatic rings. The van der Waals surface area contributed by atoms with Crippen molar-refractivity contribution < 1.29 is 0 Å². The fourth-order valence-electron chi connectivity index (χ4n) is 2.96. The van der Waals surface area contributed by atoms with E-state index in [1.807, 2.05) is 0 Å². The second-order valence-corrected chi connectivity index (χ2v) is 5.43. The van der Waals surface area contributed by atoms with Crippen molar-refractivity contribution in [2.45, 2.75) is 77.6 Å². The maximum atomic E-state index is 6.04. The van der Waals surface area contributed by atoms with Gasteiger partial charge in [0, 0.05) is 0 Å². The summed E-state index contributed by atoms with van der Waals surface area (Å²) in [7, 11) is 0. The highest BCUT2D eigenvalue weighted by molar-refractivity contribution is 4.81. The third kappa shape index (κ3) is 4.55. The first-order chi connectivity index (χ1) is 7.33. The van der Waals surface area contributed by atoms with E-state index in [9.17, 15) is 0 Å². The first-order valence-corrected chi connectivity index (χ1v) is 7.03. The van der Waals surface area contributed by atoms with Gasteiger partial charge in [-0.1, -0.05) is 58.3 Å². The predicted molar refractivity (Wildman–Crippen MR) is 67.9 cm³/mol. The Labute approximate surface area is 95.8 Å². The highest BCUT2D eigenvalue weighted by Crippen LogP contribution is 2.37. The third-order valence-corrected chi connectivity index (χ3v) is 4.16. The second-order valence-electron chi connectivity index (χ2n) is 5.43. The van der Waals surface area contributed by atoms with E-state index in [2.05, 4.69) is 6.92 Å². The van der Waals surface area contributed by atoms with Gasteiger partial charge in [-0.3, -0.25) is 0 Å². The minimum Gasteiger partial charge on any atom is -0.330 e. The minimum atomic E-state index is 0.523. The van der Waals surface area contributed by atoms with E-state index in [-0.39, 0.29) is 0 Å². The molecule has 90 valence electrons. The lowest BCUT2D eigenvalue weighted by Gasteiger charge is -2.34. The standard InChI is InChI=1S/C14H29N/c1-2-3-7-10-14(13-15)11-8-5-4-6-9-12-14/h2-13,15H2,1H3. The Balaban J connectivity index is 2.39. The Bertz CT molecular complexity index is 145. The largest absolute Gasteiger partial charge is 0.330 e. The number of hydrogen-bond acceptors (Lipinski definition) is 1. The van der Waals surface area contributed by atoms with Crippen LogP contribution in [0.15, 0.2) is 0 Å². The molecule has 1 rings (SSSR count). The Hall–Kier alpha value is -0.0400. The highest BCUT2D eigenvalue weighted by Gasteiger charge is 2.27. The van der Waals surface area contributed by atoms with E-state index in [0.29, 0.717) is 5.41 Å². The van der Waals surface area contributed by atoms with Crippen LogP contribution in [0, 0.1) is 5.41 Å². The van der Waals surface area contributed by atoms with E-state index in [1.165, 1.54) is 70.6 Å². The molecule has 1 nitrogen and oxygen atoms in total. The first-order valence-electron chi connectivity index (χ1n) is 7.03. The highest BCUT2D eigenvalue weighted by atomic mass is 14.6.